The predicted octanol–water partition coefficient (Wildman–Crippen LogP) is 1.25. The van der Waals surface area contributed by atoms with E-state index in [1.54, 1.807) is 12.1 Å². The van der Waals surface area contributed by atoms with Crippen LogP contribution in [0, 0.1) is 18.3 Å². The van der Waals surface area contributed by atoms with Crippen molar-refractivity contribution in [1.82, 2.24) is 10.3 Å². The summed E-state index contributed by atoms with van der Waals surface area (Å²) in [5, 5.41) is 11.8. The third-order valence-corrected chi connectivity index (χ3v) is 1.87. The summed E-state index contributed by atoms with van der Waals surface area (Å²) < 4.78 is 5.55. The van der Waals surface area contributed by atoms with Crippen molar-refractivity contribution in [3.63, 3.8) is 0 Å². The number of hydrogen-bond donors (Lipinski definition) is 1. The molecule has 0 aliphatic carbocycles. The maximum absolute atomic E-state index is 8.78. The van der Waals surface area contributed by atoms with Crippen molar-refractivity contribution in [2.24, 2.45) is 0 Å². The van der Waals surface area contributed by atoms with E-state index in [0.29, 0.717) is 11.4 Å². The molecule has 4 nitrogen and oxygen atoms in total. The highest BCUT2D eigenvalue weighted by atomic mass is 16.5. The summed E-state index contributed by atoms with van der Waals surface area (Å²) in [5.41, 5.74) is 1.37. The lowest BCUT2D eigenvalue weighted by Gasteiger charge is -2.13. The van der Waals surface area contributed by atoms with Gasteiger partial charge in [0, 0.05) is 18.3 Å². The van der Waals surface area contributed by atoms with E-state index in [2.05, 4.69) is 16.4 Å². The minimum atomic E-state index is 0.0378. The molecule has 0 amide bonds. The van der Waals surface area contributed by atoms with Crippen LogP contribution in [0.15, 0.2) is 12.1 Å². The fourth-order valence-corrected chi connectivity index (χ4v) is 1.30. The van der Waals surface area contributed by atoms with E-state index < -0.39 is 0 Å². The Kier molecular flexibility index (Phi) is 4.07. The second kappa shape index (κ2) is 5.32. The molecule has 1 aromatic rings. The summed E-state index contributed by atoms with van der Waals surface area (Å²) >= 11 is 0. The molecule has 0 radical (unpaired) electrons. The lowest BCUT2D eigenvalue weighted by atomic mass is 10.2. The van der Waals surface area contributed by atoms with Gasteiger partial charge in [0.05, 0.1) is 11.6 Å². The van der Waals surface area contributed by atoms with Crippen LogP contribution < -0.4 is 10.1 Å². The standard InChI is InChI=1S/C11H15N3O/c1-8-4-10(6-12)5-11(14-8)15-9(2)7-13-3/h4-5,9,13H,7H2,1-3H3. The van der Waals surface area contributed by atoms with Gasteiger partial charge < -0.3 is 10.1 Å². The second-order valence-corrected chi connectivity index (χ2v) is 3.43. The minimum Gasteiger partial charge on any atom is -0.473 e. The van der Waals surface area contributed by atoms with E-state index >= 15 is 0 Å². The monoisotopic (exact) mass is 205 g/mol. The van der Waals surface area contributed by atoms with Crippen LogP contribution in [-0.2, 0) is 0 Å². The Hall–Kier alpha value is -1.60. The highest BCUT2D eigenvalue weighted by Crippen LogP contribution is 2.12. The van der Waals surface area contributed by atoms with Crippen molar-refractivity contribution in [3.8, 4) is 11.9 Å². The van der Waals surface area contributed by atoms with Crippen molar-refractivity contribution < 1.29 is 4.74 Å². The molecule has 1 unspecified atom stereocenters. The molecular formula is C11H15N3O. The molecule has 4 heteroatoms. The first kappa shape index (κ1) is 11.5. The summed E-state index contributed by atoms with van der Waals surface area (Å²) in [6.07, 6.45) is 0.0378. The van der Waals surface area contributed by atoms with Crippen LogP contribution in [0.1, 0.15) is 18.2 Å². The Bertz CT molecular complexity index is 371. The molecule has 80 valence electrons. The third-order valence-electron chi connectivity index (χ3n) is 1.87. The van der Waals surface area contributed by atoms with Gasteiger partial charge in [0.1, 0.15) is 6.10 Å². The first-order valence-electron chi connectivity index (χ1n) is 4.85. The minimum absolute atomic E-state index is 0.0378. The zero-order valence-corrected chi connectivity index (χ0v) is 9.24. The molecule has 1 aromatic heterocycles. The number of hydrogen-bond acceptors (Lipinski definition) is 4. The fraction of sp³-hybridized carbons (Fsp3) is 0.455. The molecule has 0 saturated carbocycles. The van der Waals surface area contributed by atoms with Gasteiger partial charge in [0.25, 0.3) is 0 Å². The van der Waals surface area contributed by atoms with Gasteiger partial charge >= 0.3 is 0 Å². The average Bonchev–Trinajstić information content (AvgIpc) is 2.17. The van der Waals surface area contributed by atoms with Crippen molar-refractivity contribution in [2.75, 3.05) is 13.6 Å². The van der Waals surface area contributed by atoms with Crippen molar-refractivity contribution in [1.29, 1.82) is 5.26 Å². The second-order valence-electron chi connectivity index (χ2n) is 3.43. The van der Waals surface area contributed by atoms with Crippen molar-refractivity contribution in [2.45, 2.75) is 20.0 Å². The van der Waals surface area contributed by atoms with Crippen LogP contribution in [0.3, 0.4) is 0 Å². The van der Waals surface area contributed by atoms with Crippen LogP contribution in [0.25, 0.3) is 0 Å². The van der Waals surface area contributed by atoms with Crippen LogP contribution >= 0.6 is 0 Å². The lowest BCUT2D eigenvalue weighted by molar-refractivity contribution is 0.211. The number of aromatic nitrogens is 1. The number of nitriles is 1. The van der Waals surface area contributed by atoms with Crippen LogP contribution in [0.5, 0.6) is 5.88 Å². The van der Waals surface area contributed by atoms with Gasteiger partial charge in [-0.05, 0) is 27.0 Å². The van der Waals surface area contributed by atoms with E-state index in [9.17, 15) is 0 Å². The highest BCUT2D eigenvalue weighted by molar-refractivity contribution is 5.34. The van der Waals surface area contributed by atoms with Gasteiger partial charge in [-0.25, -0.2) is 4.98 Å². The lowest BCUT2D eigenvalue weighted by Crippen LogP contribution is -2.26. The highest BCUT2D eigenvalue weighted by Gasteiger charge is 2.05. The first-order valence-corrected chi connectivity index (χ1v) is 4.85. The van der Waals surface area contributed by atoms with Crippen molar-refractivity contribution >= 4 is 0 Å². The SMILES string of the molecule is CNCC(C)Oc1cc(C#N)cc(C)n1. The number of rotatable bonds is 4. The van der Waals surface area contributed by atoms with E-state index in [4.69, 9.17) is 10.00 Å². The summed E-state index contributed by atoms with van der Waals surface area (Å²) in [7, 11) is 1.87. The summed E-state index contributed by atoms with van der Waals surface area (Å²) in [6, 6.07) is 5.46. The molecule has 0 fully saturated rings. The molecule has 0 saturated heterocycles. The van der Waals surface area contributed by atoms with E-state index in [0.717, 1.165) is 12.2 Å². The van der Waals surface area contributed by atoms with Crippen LogP contribution in [0.4, 0.5) is 0 Å². The number of ether oxygens (including phenoxy) is 1. The molecule has 1 rings (SSSR count). The average molecular weight is 205 g/mol. The topological polar surface area (TPSA) is 57.9 Å². The predicted molar refractivity (Wildman–Crippen MR) is 57.7 cm³/mol. The molecular weight excluding hydrogens is 190 g/mol. The zero-order valence-electron chi connectivity index (χ0n) is 9.24. The molecule has 15 heavy (non-hydrogen) atoms. The molecule has 1 atom stereocenters. The molecule has 0 aromatic carbocycles. The molecule has 1 N–H and O–H groups in total. The Morgan fingerprint density at radius 1 is 1.60 bits per heavy atom. The van der Waals surface area contributed by atoms with E-state index in [1.165, 1.54) is 0 Å². The zero-order chi connectivity index (χ0) is 11.3. The molecule has 0 aliphatic heterocycles. The summed E-state index contributed by atoms with van der Waals surface area (Å²) in [6.45, 7) is 4.54. The van der Waals surface area contributed by atoms with Gasteiger partial charge in [0.2, 0.25) is 5.88 Å². The van der Waals surface area contributed by atoms with E-state index in [-0.39, 0.29) is 6.10 Å². The van der Waals surface area contributed by atoms with Gasteiger partial charge in [-0.1, -0.05) is 0 Å². The number of likely N-dealkylation sites (N-methyl/N-ethyl adjacent to an activating group) is 1. The normalized spacial score (nSPS) is 11.9. The summed E-state index contributed by atoms with van der Waals surface area (Å²) in [5.74, 6) is 0.509. The van der Waals surface area contributed by atoms with Gasteiger partial charge in [0.15, 0.2) is 0 Å². The Morgan fingerprint density at radius 3 is 2.93 bits per heavy atom. The molecule has 1 heterocycles. The number of nitrogens with zero attached hydrogens (tertiary/aromatic N) is 2. The number of nitrogens with one attached hydrogen (secondary N) is 1. The van der Waals surface area contributed by atoms with Crippen molar-refractivity contribution in [3.05, 3.63) is 23.4 Å². The Morgan fingerprint density at radius 2 is 2.33 bits per heavy atom. The maximum Gasteiger partial charge on any atom is 0.215 e. The Labute approximate surface area is 89.9 Å². The first-order chi connectivity index (χ1) is 7.15. The van der Waals surface area contributed by atoms with Gasteiger partial charge in [-0.3, -0.25) is 0 Å². The molecule has 0 bridgehead atoms. The summed E-state index contributed by atoms with van der Waals surface area (Å²) in [4.78, 5) is 4.20. The number of pyridine rings is 1. The maximum atomic E-state index is 8.78. The van der Waals surface area contributed by atoms with Gasteiger partial charge in [-0.2, -0.15) is 5.26 Å². The van der Waals surface area contributed by atoms with E-state index in [1.807, 2.05) is 20.9 Å². The smallest absolute Gasteiger partial charge is 0.215 e. The van der Waals surface area contributed by atoms with Crippen LogP contribution in [-0.4, -0.2) is 24.7 Å². The van der Waals surface area contributed by atoms with Crippen LogP contribution in [0.2, 0.25) is 0 Å². The largest absolute Gasteiger partial charge is 0.473 e. The fourth-order valence-electron chi connectivity index (χ4n) is 1.30. The van der Waals surface area contributed by atoms with Gasteiger partial charge in [-0.15, -0.1) is 0 Å². The molecule has 0 aliphatic rings. The Balaban J connectivity index is 2.77. The third kappa shape index (κ3) is 3.56. The molecule has 0 spiro atoms. The number of aryl methyl sites for hydroxylation is 1. The quantitative estimate of drug-likeness (QED) is 0.803.